The zero-order valence-electron chi connectivity index (χ0n) is 15.7. The summed E-state index contributed by atoms with van der Waals surface area (Å²) < 4.78 is 5.41. The minimum Gasteiger partial charge on any atom is -0.494 e. The Hall–Kier alpha value is -2.24. The first-order chi connectivity index (χ1) is 11.8. The third kappa shape index (κ3) is 5.96. The number of piperazine rings is 1. The average Bonchev–Trinajstić information content (AvgIpc) is 2.55. The number of rotatable bonds is 4. The first kappa shape index (κ1) is 19.1. The SMILES string of the molecule is CCOc1ccc(CC(=O)N2CCN(C(=O)NC(C)(C)C)CC2)cc1. The lowest BCUT2D eigenvalue weighted by Crippen LogP contribution is -2.56. The van der Waals surface area contributed by atoms with Crippen molar-refractivity contribution in [1.82, 2.24) is 15.1 Å². The average molecular weight is 347 g/mol. The first-order valence-electron chi connectivity index (χ1n) is 8.85. The van der Waals surface area contributed by atoms with E-state index < -0.39 is 0 Å². The molecule has 0 atom stereocenters. The second-order valence-corrected chi connectivity index (χ2v) is 7.30. The Kier molecular flexibility index (Phi) is 6.28. The van der Waals surface area contributed by atoms with Crippen molar-refractivity contribution in [2.75, 3.05) is 32.8 Å². The van der Waals surface area contributed by atoms with Crippen molar-refractivity contribution < 1.29 is 14.3 Å². The number of ether oxygens (including phenoxy) is 1. The molecular formula is C19H29N3O3. The minimum atomic E-state index is -0.252. The van der Waals surface area contributed by atoms with Crippen LogP contribution in [0.4, 0.5) is 4.79 Å². The van der Waals surface area contributed by atoms with Gasteiger partial charge in [-0.15, -0.1) is 0 Å². The molecule has 1 saturated heterocycles. The van der Waals surface area contributed by atoms with E-state index >= 15 is 0 Å². The highest BCUT2D eigenvalue weighted by molar-refractivity contribution is 5.79. The molecule has 1 aliphatic heterocycles. The fourth-order valence-corrected chi connectivity index (χ4v) is 2.72. The fourth-order valence-electron chi connectivity index (χ4n) is 2.72. The molecule has 0 unspecified atom stereocenters. The first-order valence-corrected chi connectivity index (χ1v) is 8.85. The zero-order valence-corrected chi connectivity index (χ0v) is 15.7. The smallest absolute Gasteiger partial charge is 0.317 e. The van der Waals surface area contributed by atoms with Crippen LogP contribution in [0.2, 0.25) is 0 Å². The van der Waals surface area contributed by atoms with Crippen LogP contribution in [0.5, 0.6) is 5.75 Å². The standard InChI is InChI=1S/C19H29N3O3/c1-5-25-16-8-6-15(7-9-16)14-17(23)21-10-12-22(13-11-21)18(24)20-19(2,3)4/h6-9H,5,10-14H2,1-4H3,(H,20,24). The summed E-state index contributed by atoms with van der Waals surface area (Å²) in [6.45, 7) is 10.7. The van der Waals surface area contributed by atoms with E-state index in [1.165, 1.54) is 0 Å². The molecule has 6 heteroatoms. The number of carbonyl (C=O) groups is 2. The molecule has 1 heterocycles. The van der Waals surface area contributed by atoms with E-state index in [4.69, 9.17) is 4.74 Å². The van der Waals surface area contributed by atoms with E-state index in [1.807, 2.05) is 56.9 Å². The van der Waals surface area contributed by atoms with Gasteiger partial charge in [-0.05, 0) is 45.4 Å². The lowest BCUT2D eigenvalue weighted by Gasteiger charge is -2.36. The number of benzene rings is 1. The summed E-state index contributed by atoms with van der Waals surface area (Å²) in [6.07, 6.45) is 0.376. The molecule has 0 aromatic heterocycles. The highest BCUT2D eigenvalue weighted by Crippen LogP contribution is 2.14. The monoisotopic (exact) mass is 347 g/mol. The van der Waals surface area contributed by atoms with Crippen LogP contribution in [0.3, 0.4) is 0 Å². The van der Waals surface area contributed by atoms with Gasteiger partial charge >= 0.3 is 6.03 Å². The van der Waals surface area contributed by atoms with Crippen LogP contribution in [0.15, 0.2) is 24.3 Å². The van der Waals surface area contributed by atoms with Crippen LogP contribution in [0.25, 0.3) is 0 Å². The van der Waals surface area contributed by atoms with Gasteiger partial charge in [-0.3, -0.25) is 4.79 Å². The molecule has 0 aliphatic carbocycles. The van der Waals surface area contributed by atoms with Gasteiger partial charge in [0.15, 0.2) is 0 Å². The van der Waals surface area contributed by atoms with Crippen molar-refractivity contribution in [3.8, 4) is 5.75 Å². The summed E-state index contributed by atoms with van der Waals surface area (Å²) in [7, 11) is 0. The maximum absolute atomic E-state index is 12.5. The van der Waals surface area contributed by atoms with Gasteiger partial charge in [-0.1, -0.05) is 12.1 Å². The summed E-state index contributed by atoms with van der Waals surface area (Å²) in [6, 6.07) is 7.57. The second kappa shape index (κ2) is 8.23. The van der Waals surface area contributed by atoms with Crippen LogP contribution in [0, 0.1) is 0 Å². The molecule has 1 fully saturated rings. The number of urea groups is 1. The van der Waals surface area contributed by atoms with Crippen molar-refractivity contribution in [3.05, 3.63) is 29.8 Å². The number of carbonyl (C=O) groups excluding carboxylic acids is 2. The summed E-state index contributed by atoms with van der Waals surface area (Å²) in [5, 5.41) is 2.96. The Labute approximate surface area is 150 Å². The van der Waals surface area contributed by atoms with Gasteiger partial charge in [0.05, 0.1) is 13.0 Å². The van der Waals surface area contributed by atoms with Crippen molar-refractivity contribution in [2.45, 2.75) is 39.7 Å². The van der Waals surface area contributed by atoms with E-state index in [0.717, 1.165) is 11.3 Å². The highest BCUT2D eigenvalue weighted by atomic mass is 16.5. The molecule has 1 aromatic rings. The summed E-state index contributed by atoms with van der Waals surface area (Å²) in [5.74, 6) is 0.914. The Balaban J connectivity index is 1.81. The summed E-state index contributed by atoms with van der Waals surface area (Å²) >= 11 is 0. The molecule has 0 radical (unpaired) electrons. The predicted molar refractivity (Wildman–Crippen MR) is 97.8 cm³/mol. The molecule has 1 N–H and O–H groups in total. The zero-order chi connectivity index (χ0) is 18.4. The van der Waals surface area contributed by atoms with Crippen LogP contribution in [-0.2, 0) is 11.2 Å². The number of nitrogens with zero attached hydrogens (tertiary/aromatic N) is 2. The summed E-state index contributed by atoms with van der Waals surface area (Å²) in [5.41, 5.74) is 0.721. The quantitative estimate of drug-likeness (QED) is 0.909. The predicted octanol–water partition coefficient (Wildman–Crippen LogP) is 2.28. The molecule has 3 amide bonds. The van der Waals surface area contributed by atoms with Gasteiger partial charge in [0.1, 0.15) is 5.75 Å². The molecule has 2 rings (SSSR count). The van der Waals surface area contributed by atoms with Crippen molar-refractivity contribution in [2.24, 2.45) is 0 Å². The maximum Gasteiger partial charge on any atom is 0.317 e. The lowest BCUT2D eigenvalue weighted by molar-refractivity contribution is -0.131. The Morgan fingerprint density at radius 3 is 2.12 bits per heavy atom. The van der Waals surface area contributed by atoms with Crippen LogP contribution in [0.1, 0.15) is 33.3 Å². The maximum atomic E-state index is 12.5. The van der Waals surface area contributed by atoms with Gasteiger partial charge in [-0.25, -0.2) is 4.79 Å². The van der Waals surface area contributed by atoms with Gasteiger partial charge in [0, 0.05) is 31.7 Å². The second-order valence-electron chi connectivity index (χ2n) is 7.30. The van der Waals surface area contributed by atoms with E-state index in [2.05, 4.69) is 5.32 Å². The van der Waals surface area contributed by atoms with Gasteiger partial charge in [0.2, 0.25) is 5.91 Å². The Morgan fingerprint density at radius 2 is 1.60 bits per heavy atom. The molecule has 6 nitrogen and oxygen atoms in total. The van der Waals surface area contributed by atoms with E-state index in [1.54, 1.807) is 4.90 Å². The van der Waals surface area contributed by atoms with Gasteiger partial charge in [0.25, 0.3) is 0 Å². The molecule has 0 bridgehead atoms. The number of nitrogens with one attached hydrogen (secondary N) is 1. The summed E-state index contributed by atoms with van der Waals surface area (Å²) in [4.78, 5) is 28.2. The molecule has 1 aromatic carbocycles. The third-order valence-electron chi connectivity index (χ3n) is 3.99. The van der Waals surface area contributed by atoms with Crippen molar-refractivity contribution in [3.63, 3.8) is 0 Å². The third-order valence-corrected chi connectivity index (χ3v) is 3.99. The largest absolute Gasteiger partial charge is 0.494 e. The Morgan fingerprint density at radius 1 is 1.04 bits per heavy atom. The van der Waals surface area contributed by atoms with Crippen molar-refractivity contribution in [1.29, 1.82) is 0 Å². The fraction of sp³-hybridized carbons (Fsp3) is 0.579. The lowest BCUT2D eigenvalue weighted by atomic mass is 10.1. The van der Waals surface area contributed by atoms with E-state index in [-0.39, 0.29) is 17.5 Å². The van der Waals surface area contributed by atoms with Crippen molar-refractivity contribution >= 4 is 11.9 Å². The number of amides is 3. The van der Waals surface area contributed by atoms with Gasteiger partial charge < -0.3 is 19.9 Å². The molecule has 25 heavy (non-hydrogen) atoms. The van der Waals surface area contributed by atoms with Gasteiger partial charge in [-0.2, -0.15) is 0 Å². The highest BCUT2D eigenvalue weighted by Gasteiger charge is 2.26. The minimum absolute atomic E-state index is 0.0638. The molecule has 138 valence electrons. The van der Waals surface area contributed by atoms with E-state index in [0.29, 0.717) is 39.2 Å². The molecular weight excluding hydrogens is 318 g/mol. The molecule has 0 saturated carbocycles. The normalized spacial score (nSPS) is 15.0. The van der Waals surface area contributed by atoms with Crippen LogP contribution >= 0.6 is 0 Å². The van der Waals surface area contributed by atoms with Crippen LogP contribution in [-0.4, -0.2) is 60.1 Å². The molecule has 0 spiro atoms. The molecule has 1 aliphatic rings. The Bertz CT molecular complexity index is 585. The van der Waals surface area contributed by atoms with E-state index in [9.17, 15) is 9.59 Å². The topological polar surface area (TPSA) is 61.9 Å². The van der Waals surface area contributed by atoms with Crippen LogP contribution < -0.4 is 10.1 Å². The number of hydrogen-bond acceptors (Lipinski definition) is 3. The number of hydrogen-bond donors (Lipinski definition) is 1.